The Hall–Kier alpha value is -1.86. The monoisotopic (exact) mass is 514 g/mol. The van der Waals surface area contributed by atoms with Crippen molar-refractivity contribution in [3.63, 3.8) is 0 Å². The fraction of sp³-hybridized carbons (Fsp3) is 0.800. The molecule has 0 radical (unpaired) electrons. The predicted octanol–water partition coefficient (Wildman–Crippen LogP) is 5.17. The van der Waals surface area contributed by atoms with Crippen molar-refractivity contribution in [2.45, 2.75) is 116 Å². The minimum absolute atomic E-state index is 0.00701. The highest BCUT2D eigenvalue weighted by Crippen LogP contribution is 2.67. The second-order valence-electron chi connectivity index (χ2n) is 14.0. The Kier molecular flexibility index (Phi) is 5.39. The lowest BCUT2D eigenvalue weighted by molar-refractivity contribution is -0.276. The first-order chi connectivity index (χ1) is 17.2. The molecule has 6 rings (SSSR count). The van der Waals surface area contributed by atoms with E-state index in [9.17, 15) is 14.7 Å². The standard InChI is InChI=1S/C30H42O7/c1-17-13-30(14-18(2)25(32)37-30)35-22-16-27(5)9-7-8-20-19-15-29(33,11-10-28(27,6)24(17)22)34-21(19)12-23(31)36-26(20,3)4/h12,15,17-18,20,22,24,33H,7-11,13-14,16H2,1-6H3/t17-,18-,20?,22-,24?,27?,28-,29?,30?/m1/s1. The molecule has 1 N–H and O–H groups in total. The Bertz CT molecular complexity index is 1090. The van der Waals surface area contributed by atoms with Crippen molar-refractivity contribution in [1.82, 2.24) is 0 Å². The van der Waals surface area contributed by atoms with E-state index >= 15 is 0 Å². The predicted molar refractivity (Wildman–Crippen MR) is 135 cm³/mol. The van der Waals surface area contributed by atoms with Crippen molar-refractivity contribution in [3.05, 3.63) is 23.5 Å². The third kappa shape index (κ3) is 3.74. The highest BCUT2D eigenvalue weighted by atomic mass is 16.7. The second kappa shape index (κ2) is 7.84. The lowest BCUT2D eigenvalue weighted by Crippen LogP contribution is -2.51. The van der Waals surface area contributed by atoms with Gasteiger partial charge in [-0.15, -0.1) is 0 Å². The van der Waals surface area contributed by atoms with Gasteiger partial charge >= 0.3 is 11.9 Å². The van der Waals surface area contributed by atoms with Gasteiger partial charge in [0.25, 0.3) is 0 Å². The molecule has 9 atom stereocenters. The molecule has 3 fully saturated rings. The molecular weight excluding hydrogens is 472 g/mol. The van der Waals surface area contributed by atoms with Gasteiger partial charge in [0.1, 0.15) is 11.4 Å². The molecular formula is C30H42O7. The smallest absolute Gasteiger partial charge is 0.335 e. The Balaban J connectivity index is 1.35. The summed E-state index contributed by atoms with van der Waals surface area (Å²) in [5, 5.41) is 11.7. The summed E-state index contributed by atoms with van der Waals surface area (Å²) in [5.41, 5.74) is 0.0663. The fourth-order valence-corrected chi connectivity index (χ4v) is 9.18. The summed E-state index contributed by atoms with van der Waals surface area (Å²) in [6, 6.07) is 0. The van der Waals surface area contributed by atoms with Crippen LogP contribution in [0.15, 0.2) is 23.5 Å². The van der Waals surface area contributed by atoms with Crippen LogP contribution in [0.5, 0.6) is 0 Å². The first-order valence-corrected chi connectivity index (χ1v) is 14.2. The molecule has 7 nitrogen and oxygen atoms in total. The summed E-state index contributed by atoms with van der Waals surface area (Å²) in [7, 11) is 0. The molecule has 0 aromatic carbocycles. The minimum Gasteiger partial charge on any atom is -0.458 e. The average Bonchev–Trinajstić information content (AvgIpc) is 3.28. The molecule has 6 aliphatic rings. The number of fused-ring (bicyclic) bond motifs is 4. The van der Waals surface area contributed by atoms with Crippen LogP contribution in [0.3, 0.4) is 0 Å². The third-order valence-corrected chi connectivity index (χ3v) is 11.1. The molecule has 0 aromatic heterocycles. The summed E-state index contributed by atoms with van der Waals surface area (Å²) in [4.78, 5) is 24.8. The zero-order valence-electron chi connectivity index (χ0n) is 23.1. The van der Waals surface area contributed by atoms with Gasteiger partial charge in [0.05, 0.1) is 18.1 Å². The molecule has 1 spiro atoms. The van der Waals surface area contributed by atoms with Gasteiger partial charge in [0.15, 0.2) is 0 Å². The number of hydrogen-bond acceptors (Lipinski definition) is 7. The van der Waals surface area contributed by atoms with Crippen LogP contribution in [0.25, 0.3) is 0 Å². The summed E-state index contributed by atoms with van der Waals surface area (Å²) in [6.45, 7) is 12.9. The molecule has 204 valence electrons. The van der Waals surface area contributed by atoms with Crippen molar-refractivity contribution in [1.29, 1.82) is 0 Å². The van der Waals surface area contributed by atoms with E-state index in [4.69, 9.17) is 18.9 Å². The number of aliphatic hydroxyl groups is 1. The SMILES string of the molecule is C[C@@H]1CC2(C[C@@H](C)C3[C@@H](CC4(C)CCCC5C6=CC(O)(CC[C@]34C)OC6=CC(=O)OC5(C)C)O2)OC1=O. The van der Waals surface area contributed by atoms with E-state index in [-0.39, 0.29) is 40.7 Å². The van der Waals surface area contributed by atoms with Crippen LogP contribution in [0.4, 0.5) is 0 Å². The number of esters is 2. The van der Waals surface area contributed by atoms with Gasteiger partial charge in [-0.3, -0.25) is 4.79 Å². The second-order valence-corrected chi connectivity index (χ2v) is 14.0. The maximum Gasteiger partial charge on any atom is 0.335 e. The Morgan fingerprint density at radius 2 is 1.70 bits per heavy atom. The zero-order valence-corrected chi connectivity index (χ0v) is 23.1. The maximum absolute atomic E-state index is 12.5. The molecule has 7 heteroatoms. The normalized spacial score (nSPS) is 50.5. The molecule has 5 unspecified atom stereocenters. The number of hydrogen-bond donors (Lipinski definition) is 1. The number of rotatable bonds is 0. The van der Waals surface area contributed by atoms with E-state index in [2.05, 4.69) is 20.8 Å². The third-order valence-electron chi connectivity index (χ3n) is 11.1. The molecule has 0 aromatic rings. The number of ether oxygens (including phenoxy) is 4. The van der Waals surface area contributed by atoms with Crippen LogP contribution in [-0.2, 0) is 28.5 Å². The van der Waals surface area contributed by atoms with Gasteiger partial charge in [-0.1, -0.05) is 34.1 Å². The molecule has 1 saturated carbocycles. The van der Waals surface area contributed by atoms with E-state index < -0.39 is 23.1 Å². The van der Waals surface area contributed by atoms with E-state index in [0.29, 0.717) is 30.9 Å². The summed E-state index contributed by atoms with van der Waals surface area (Å²) in [5.74, 6) is -1.96. The van der Waals surface area contributed by atoms with Crippen LogP contribution in [0.2, 0.25) is 0 Å². The topological polar surface area (TPSA) is 91.3 Å². The lowest BCUT2D eigenvalue weighted by atomic mass is 9.57. The summed E-state index contributed by atoms with van der Waals surface area (Å²) in [6.07, 6.45) is 9.51. The van der Waals surface area contributed by atoms with Crippen LogP contribution in [0, 0.1) is 34.5 Å². The molecule has 4 heterocycles. The van der Waals surface area contributed by atoms with E-state index in [0.717, 1.165) is 37.7 Å². The first kappa shape index (κ1) is 25.4. The highest BCUT2D eigenvalue weighted by molar-refractivity contribution is 5.84. The number of carbonyl (C=O) groups excluding carboxylic acids is 2. The van der Waals surface area contributed by atoms with Crippen molar-refractivity contribution in [2.24, 2.45) is 34.5 Å². The largest absolute Gasteiger partial charge is 0.458 e. The van der Waals surface area contributed by atoms with E-state index in [1.807, 2.05) is 26.8 Å². The number of allylic oxidation sites excluding steroid dienone is 1. The lowest BCUT2D eigenvalue weighted by Gasteiger charge is -2.51. The summed E-state index contributed by atoms with van der Waals surface area (Å²) >= 11 is 0. The number of cyclic esters (lactones) is 1. The van der Waals surface area contributed by atoms with Gasteiger partial charge in [-0.25, -0.2) is 4.79 Å². The number of carbonyl (C=O) groups is 2. The Labute approximate surface area is 219 Å². The van der Waals surface area contributed by atoms with Crippen molar-refractivity contribution in [2.75, 3.05) is 0 Å². The van der Waals surface area contributed by atoms with Gasteiger partial charge < -0.3 is 24.1 Å². The molecule has 0 amide bonds. The first-order valence-electron chi connectivity index (χ1n) is 14.2. The van der Waals surface area contributed by atoms with Crippen LogP contribution in [0.1, 0.15) is 92.9 Å². The van der Waals surface area contributed by atoms with Crippen molar-refractivity contribution < 1.29 is 33.6 Å². The highest BCUT2D eigenvalue weighted by Gasteiger charge is 2.66. The van der Waals surface area contributed by atoms with Crippen LogP contribution in [-0.4, -0.2) is 40.3 Å². The van der Waals surface area contributed by atoms with Crippen molar-refractivity contribution in [3.8, 4) is 0 Å². The van der Waals surface area contributed by atoms with Gasteiger partial charge in [-0.2, -0.15) is 0 Å². The zero-order chi connectivity index (χ0) is 26.6. The maximum atomic E-state index is 12.5. The van der Waals surface area contributed by atoms with Crippen molar-refractivity contribution >= 4 is 11.9 Å². The quantitative estimate of drug-likeness (QED) is 0.446. The fourth-order valence-electron chi connectivity index (χ4n) is 9.18. The van der Waals surface area contributed by atoms with Crippen LogP contribution < -0.4 is 0 Å². The molecule has 2 aliphatic carbocycles. The molecule has 4 aliphatic heterocycles. The Morgan fingerprint density at radius 3 is 2.41 bits per heavy atom. The van der Waals surface area contributed by atoms with E-state index in [1.54, 1.807) is 0 Å². The molecule has 2 bridgehead atoms. The minimum atomic E-state index is -1.45. The van der Waals surface area contributed by atoms with Gasteiger partial charge in [0.2, 0.25) is 11.6 Å². The summed E-state index contributed by atoms with van der Waals surface area (Å²) < 4.78 is 24.6. The van der Waals surface area contributed by atoms with E-state index in [1.165, 1.54) is 6.08 Å². The Morgan fingerprint density at radius 1 is 0.946 bits per heavy atom. The molecule has 37 heavy (non-hydrogen) atoms. The van der Waals surface area contributed by atoms with Crippen LogP contribution >= 0.6 is 0 Å². The van der Waals surface area contributed by atoms with Gasteiger partial charge in [0, 0.05) is 30.8 Å². The molecule has 2 saturated heterocycles. The average molecular weight is 515 g/mol. The van der Waals surface area contributed by atoms with Gasteiger partial charge in [-0.05, 0) is 68.3 Å².